The zero-order valence-corrected chi connectivity index (χ0v) is 15.9. The Kier molecular flexibility index (Phi) is 4.38. The van der Waals surface area contributed by atoms with Crippen molar-refractivity contribution in [1.29, 1.82) is 0 Å². The fourth-order valence-corrected chi connectivity index (χ4v) is 3.91. The van der Waals surface area contributed by atoms with Crippen molar-refractivity contribution in [2.45, 2.75) is 25.8 Å². The van der Waals surface area contributed by atoms with Crippen LogP contribution in [0.15, 0.2) is 47.2 Å². The lowest BCUT2D eigenvalue weighted by Crippen LogP contribution is -2.33. The lowest BCUT2D eigenvalue weighted by Gasteiger charge is -2.21. The van der Waals surface area contributed by atoms with Crippen LogP contribution in [-0.4, -0.2) is 44.6 Å². The molecule has 148 valence electrons. The molecule has 0 bridgehead atoms. The third-order valence-corrected chi connectivity index (χ3v) is 5.52. The van der Waals surface area contributed by atoms with Crippen molar-refractivity contribution in [2.75, 3.05) is 18.4 Å². The van der Waals surface area contributed by atoms with Gasteiger partial charge in [-0.3, -0.25) is 14.3 Å². The molecule has 0 spiro atoms. The van der Waals surface area contributed by atoms with Gasteiger partial charge >= 0.3 is 0 Å². The van der Waals surface area contributed by atoms with Crippen LogP contribution in [0.5, 0.6) is 0 Å². The number of aryl methyl sites for hydroxylation is 1. The first-order chi connectivity index (χ1) is 14.2. The summed E-state index contributed by atoms with van der Waals surface area (Å²) in [5, 5.41) is 7.93. The summed E-state index contributed by atoms with van der Waals surface area (Å²) in [4.78, 5) is 31.3. The molecule has 1 N–H and O–H groups in total. The van der Waals surface area contributed by atoms with Crippen molar-refractivity contribution in [3.63, 3.8) is 0 Å². The maximum absolute atomic E-state index is 12.7. The van der Waals surface area contributed by atoms with Gasteiger partial charge in [0.1, 0.15) is 17.7 Å². The lowest BCUT2D eigenvalue weighted by atomic mass is 9.97. The minimum atomic E-state index is -0.129. The highest BCUT2D eigenvalue weighted by Gasteiger charge is 2.26. The van der Waals surface area contributed by atoms with Crippen LogP contribution in [0.3, 0.4) is 0 Å². The Morgan fingerprint density at radius 3 is 2.97 bits per heavy atom. The second kappa shape index (κ2) is 7.20. The molecule has 2 aliphatic heterocycles. The first-order valence-corrected chi connectivity index (χ1v) is 9.83. The number of hydrogen-bond acceptors (Lipinski definition) is 5. The Labute approximate surface area is 167 Å². The van der Waals surface area contributed by atoms with Crippen LogP contribution < -0.4 is 5.32 Å². The van der Waals surface area contributed by atoms with Crippen molar-refractivity contribution < 1.29 is 14.0 Å². The molecule has 3 aromatic rings. The predicted molar refractivity (Wildman–Crippen MR) is 106 cm³/mol. The van der Waals surface area contributed by atoms with E-state index in [9.17, 15) is 9.59 Å². The number of hydrogen-bond donors (Lipinski definition) is 1. The van der Waals surface area contributed by atoms with Crippen molar-refractivity contribution in [2.24, 2.45) is 5.92 Å². The van der Waals surface area contributed by atoms with E-state index in [1.807, 2.05) is 16.8 Å². The third-order valence-electron chi connectivity index (χ3n) is 5.52. The Morgan fingerprint density at radius 2 is 2.10 bits per heavy atom. The van der Waals surface area contributed by atoms with Gasteiger partial charge in [-0.1, -0.05) is 12.2 Å². The quantitative estimate of drug-likeness (QED) is 0.693. The van der Waals surface area contributed by atoms with E-state index in [4.69, 9.17) is 4.42 Å². The van der Waals surface area contributed by atoms with Gasteiger partial charge in [0.15, 0.2) is 5.76 Å². The van der Waals surface area contributed by atoms with Crippen molar-refractivity contribution >= 4 is 28.5 Å². The maximum atomic E-state index is 12.7. The standard InChI is InChI=1S/C21H21N5O3/c27-20(14-6-9-26-19(12-14)22-13-23-26)24-16-4-5-17-15(10-16)11-18(29-17)21(28)25-7-2-1-3-8-25/h1-2,4-5,10-11,13-14H,3,6-9,12H2,(H,24,27). The molecule has 5 rings (SSSR count). The van der Waals surface area contributed by atoms with E-state index in [0.29, 0.717) is 43.1 Å². The molecule has 8 heteroatoms. The molecule has 1 unspecified atom stereocenters. The molecule has 4 heterocycles. The summed E-state index contributed by atoms with van der Waals surface area (Å²) in [6, 6.07) is 7.17. The second-order valence-corrected chi connectivity index (χ2v) is 7.45. The molecule has 2 aliphatic rings. The summed E-state index contributed by atoms with van der Waals surface area (Å²) in [6.45, 7) is 2.00. The minimum absolute atomic E-state index is 0.0292. The van der Waals surface area contributed by atoms with Crippen molar-refractivity contribution in [1.82, 2.24) is 19.7 Å². The number of amides is 2. The molecule has 0 saturated carbocycles. The van der Waals surface area contributed by atoms with Crippen LogP contribution in [0.2, 0.25) is 0 Å². The Hall–Kier alpha value is -3.42. The molecular formula is C21H21N5O3. The second-order valence-electron chi connectivity index (χ2n) is 7.45. The van der Waals surface area contributed by atoms with E-state index in [2.05, 4.69) is 21.5 Å². The average Bonchev–Trinajstić information content (AvgIpc) is 3.39. The molecular weight excluding hydrogens is 370 g/mol. The van der Waals surface area contributed by atoms with E-state index in [0.717, 1.165) is 24.1 Å². The molecule has 0 aliphatic carbocycles. The highest BCUT2D eigenvalue weighted by molar-refractivity contribution is 5.98. The van der Waals surface area contributed by atoms with E-state index in [-0.39, 0.29) is 17.7 Å². The molecule has 0 saturated heterocycles. The topological polar surface area (TPSA) is 93.3 Å². The summed E-state index contributed by atoms with van der Waals surface area (Å²) < 4.78 is 7.59. The number of nitrogens with zero attached hydrogens (tertiary/aromatic N) is 4. The highest BCUT2D eigenvalue weighted by atomic mass is 16.3. The molecule has 2 aromatic heterocycles. The molecule has 1 atom stereocenters. The van der Waals surface area contributed by atoms with Gasteiger partial charge in [0.2, 0.25) is 5.91 Å². The lowest BCUT2D eigenvalue weighted by molar-refractivity contribution is -0.120. The van der Waals surface area contributed by atoms with E-state index >= 15 is 0 Å². The van der Waals surface area contributed by atoms with E-state index in [1.165, 1.54) is 6.33 Å². The number of furan rings is 1. The zero-order chi connectivity index (χ0) is 19.8. The fourth-order valence-electron chi connectivity index (χ4n) is 3.91. The van der Waals surface area contributed by atoms with Crippen LogP contribution >= 0.6 is 0 Å². The smallest absolute Gasteiger partial charge is 0.289 e. The Balaban J connectivity index is 1.30. The first-order valence-electron chi connectivity index (χ1n) is 9.83. The number of carbonyl (C=O) groups is 2. The van der Waals surface area contributed by atoms with Crippen LogP contribution in [0.1, 0.15) is 29.2 Å². The molecule has 1 aromatic carbocycles. The normalized spacial score (nSPS) is 18.6. The summed E-state index contributed by atoms with van der Waals surface area (Å²) in [5.74, 6) is 0.903. The predicted octanol–water partition coefficient (Wildman–Crippen LogP) is 2.63. The monoisotopic (exact) mass is 391 g/mol. The first kappa shape index (κ1) is 17.7. The van der Waals surface area contributed by atoms with E-state index < -0.39 is 0 Å². The molecule has 2 amide bonds. The van der Waals surface area contributed by atoms with Gasteiger partial charge in [-0.05, 0) is 37.1 Å². The van der Waals surface area contributed by atoms with Crippen LogP contribution in [0.25, 0.3) is 11.0 Å². The van der Waals surface area contributed by atoms with Crippen LogP contribution in [-0.2, 0) is 17.8 Å². The number of carbonyl (C=O) groups excluding carboxylic acids is 2. The summed E-state index contributed by atoms with van der Waals surface area (Å²) in [7, 11) is 0. The molecule has 8 nitrogen and oxygen atoms in total. The van der Waals surface area contributed by atoms with Crippen LogP contribution in [0, 0.1) is 5.92 Å². The summed E-state index contributed by atoms with van der Waals surface area (Å²) >= 11 is 0. The average molecular weight is 391 g/mol. The van der Waals surface area contributed by atoms with Gasteiger partial charge in [0, 0.05) is 43.0 Å². The molecule has 0 fully saturated rings. The fraction of sp³-hybridized carbons (Fsp3) is 0.333. The van der Waals surface area contributed by atoms with Gasteiger partial charge in [0.25, 0.3) is 5.91 Å². The number of benzene rings is 1. The van der Waals surface area contributed by atoms with Gasteiger partial charge in [-0.25, -0.2) is 4.98 Å². The SMILES string of the molecule is O=C(Nc1ccc2oc(C(=O)N3CC=CCC3)cc2c1)C1CCn2ncnc2C1. The van der Waals surface area contributed by atoms with Crippen molar-refractivity contribution in [3.8, 4) is 0 Å². The number of aromatic nitrogens is 3. The molecule has 29 heavy (non-hydrogen) atoms. The Bertz CT molecular complexity index is 1110. The van der Waals surface area contributed by atoms with E-state index in [1.54, 1.807) is 23.1 Å². The van der Waals surface area contributed by atoms with Gasteiger partial charge < -0.3 is 14.6 Å². The van der Waals surface area contributed by atoms with Gasteiger partial charge in [-0.15, -0.1) is 0 Å². The summed E-state index contributed by atoms with van der Waals surface area (Å²) in [5.41, 5.74) is 1.32. The zero-order valence-electron chi connectivity index (χ0n) is 15.9. The van der Waals surface area contributed by atoms with Gasteiger partial charge in [-0.2, -0.15) is 5.10 Å². The number of rotatable bonds is 3. The number of anilines is 1. The number of nitrogens with one attached hydrogen (secondary N) is 1. The van der Waals surface area contributed by atoms with Crippen LogP contribution in [0.4, 0.5) is 5.69 Å². The maximum Gasteiger partial charge on any atom is 0.289 e. The number of fused-ring (bicyclic) bond motifs is 2. The largest absolute Gasteiger partial charge is 0.451 e. The minimum Gasteiger partial charge on any atom is -0.451 e. The van der Waals surface area contributed by atoms with Gasteiger partial charge in [0.05, 0.1) is 0 Å². The molecule has 0 radical (unpaired) electrons. The Morgan fingerprint density at radius 1 is 1.17 bits per heavy atom. The third kappa shape index (κ3) is 3.41. The summed E-state index contributed by atoms with van der Waals surface area (Å²) in [6.07, 6.45) is 7.78. The van der Waals surface area contributed by atoms with Crippen molar-refractivity contribution in [3.05, 3.63) is 54.3 Å². The highest BCUT2D eigenvalue weighted by Crippen LogP contribution is 2.26.